The summed E-state index contributed by atoms with van der Waals surface area (Å²) in [5.74, 6) is 0. The van der Waals surface area contributed by atoms with Crippen LogP contribution < -0.4 is 5.32 Å². The molecule has 17 heavy (non-hydrogen) atoms. The van der Waals surface area contributed by atoms with Crippen molar-refractivity contribution < 1.29 is 0 Å². The summed E-state index contributed by atoms with van der Waals surface area (Å²) in [6.45, 7) is 6.14. The third kappa shape index (κ3) is 3.66. The maximum atomic E-state index is 3.55. The summed E-state index contributed by atoms with van der Waals surface area (Å²) in [4.78, 5) is 1.36. The van der Waals surface area contributed by atoms with Crippen LogP contribution in [0.25, 0.3) is 0 Å². The molecule has 0 radical (unpaired) electrons. The summed E-state index contributed by atoms with van der Waals surface area (Å²) in [5, 5.41) is 5.59. The fourth-order valence-corrected chi connectivity index (χ4v) is 3.40. The highest BCUT2D eigenvalue weighted by Gasteiger charge is 2.01. The molecule has 1 aromatic carbocycles. The van der Waals surface area contributed by atoms with Crippen LogP contribution in [0.2, 0.25) is 0 Å². The average molecular weight is 310 g/mol. The molecule has 0 saturated carbocycles. The number of thiophene rings is 1. The molecule has 1 nitrogen and oxygen atoms in total. The fourth-order valence-electron chi connectivity index (χ4n) is 1.94. The Balaban J connectivity index is 1.92. The van der Waals surface area contributed by atoms with Gasteiger partial charge in [0.05, 0.1) is 0 Å². The second-order valence-electron chi connectivity index (χ2n) is 4.29. The monoisotopic (exact) mass is 309 g/mol. The van der Waals surface area contributed by atoms with Crippen LogP contribution in [-0.4, -0.2) is 0 Å². The summed E-state index contributed by atoms with van der Waals surface area (Å²) in [5.41, 5.74) is 4.02. The highest BCUT2D eigenvalue weighted by molar-refractivity contribution is 9.10. The van der Waals surface area contributed by atoms with Crippen molar-refractivity contribution >= 4 is 27.3 Å². The standard InChI is InChI=1S/C14H16BrNS/c1-10-5-11(2)7-12(6-10)8-16-9-14-13(15)3-4-17-14/h3-7,16H,8-9H2,1-2H3. The van der Waals surface area contributed by atoms with Crippen LogP contribution in [0.1, 0.15) is 21.6 Å². The zero-order valence-electron chi connectivity index (χ0n) is 10.1. The van der Waals surface area contributed by atoms with Crippen LogP contribution in [0.15, 0.2) is 34.1 Å². The molecule has 3 heteroatoms. The van der Waals surface area contributed by atoms with Crippen LogP contribution in [-0.2, 0) is 13.1 Å². The zero-order valence-corrected chi connectivity index (χ0v) is 12.5. The second kappa shape index (κ2) is 5.80. The molecule has 0 spiro atoms. The van der Waals surface area contributed by atoms with Crippen molar-refractivity contribution in [2.24, 2.45) is 0 Å². The summed E-state index contributed by atoms with van der Waals surface area (Å²) in [6, 6.07) is 8.78. The number of halogens is 1. The minimum Gasteiger partial charge on any atom is -0.308 e. The van der Waals surface area contributed by atoms with Crippen molar-refractivity contribution in [2.45, 2.75) is 26.9 Å². The van der Waals surface area contributed by atoms with Crippen molar-refractivity contribution in [3.8, 4) is 0 Å². The first-order chi connectivity index (χ1) is 8.15. The van der Waals surface area contributed by atoms with Gasteiger partial charge in [-0.25, -0.2) is 0 Å². The van der Waals surface area contributed by atoms with Crippen molar-refractivity contribution in [1.82, 2.24) is 5.32 Å². The number of rotatable bonds is 4. The number of aryl methyl sites for hydroxylation is 2. The van der Waals surface area contributed by atoms with Crippen LogP contribution in [0.5, 0.6) is 0 Å². The van der Waals surface area contributed by atoms with E-state index in [-0.39, 0.29) is 0 Å². The molecule has 90 valence electrons. The molecule has 0 amide bonds. The molecule has 0 aliphatic carbocycles. The highest BCUT2D eigenvalue weighted by atomic mass is 79.9. The Morgan fingerprint density at radius 3 is 2.41 bits per heavy atom. The lowest BCUT2D eigenvalue weighted by molar-refractivity contribution is 0.698. The van der Waals surface area contributed by atoms with Crippen molar-refractivity contribution in [3.05, 3.63) is 55.7 Å². The molecule has 0 unspecified atom stereocenters. The first-order valence-electron chi connectivity index (χ1n) is 5.65. The Hall–Kier alpha value is -0.640. The van der Waals surface area contributed by atoms with Gasteiger partial charge in [0.25, 0.3) is 0 Å². The van der Waals surface area contributed by atoms with Gasteiger partial charge < -0.3 is 5.32 Å². The van der Waals surface area contributed by atoms with E-state index in [1.54, 1.807) is 11.3 Å². The molecular formula is C14H16BrNS. The lowest BCUT2D eigenvalue weighted by Crippen LogP contribution is -2.12. The van der Waals surface area contributed by atoms with Gasteiger partial charge in [-0.05, 0) is 46.8 Å². The van der Waals surface area contributed by atoms with E-state index in [0.29, 0.717) is 0 Å². The molecule has 2 rings (SSSR count). The minimum atomic E-state index is 0.922. The van der Waals surface area contributed by atoms with Gasteiger partial charge in [-0.1, -0.05) is 29.3 Å². The highest BCUT2D eigenvalue weighted by Crippen LogP contribution is 2.22. The molecule has 1 N–H and O–H groups in total. The SMILES string of the molecule is Cc1cc(C)cc(CNCc2sccc2Br)c1. The van der Waals surface area contributed by atoms with Crippen LogP contribution in [0.3, 0.4) is 0 Å². The van der Waals surface area contributed by atoms with E-state index in [4.69, 9.17) is 0 Å². The third-order valence-electron chi connectivity index (χ3n) is 2.59. The van der Waals surface area contributed by atoms with Crippen molar-refractivity contribution in [1.29, 1.82) is 0 Å². The number of hydrogen-bond donors (Lipinski definition) is 1. The first-order valence-corrected chi connectivity index (χ1v) is 7.32. The zero-order chi connectivity index (χ0) is 12.3. The van der Waals surface area contributed by atoms with E-state index in [1.807, 2.05) is 0 Å². The molecule has 0 aliphatic heterocycles. The Morgan fingerprint density at radius 2 is 1.82 bits per heavy atom. The molecule has 0 bridgehead atoms. The van der Waals surface area contributed by atoms with Gasteiger partial charge >= 0.3 is 0 Å². The lowest BCUT2D eigenvalue weighted by Gasteiger charge is -2.06. The molecule has 0 saturated heterocycles. The first kappa shape index (κ1) is 12.8. The van der Waals surface area contributed by atoms with E-state index in [0.717, 1.165) is 13.1 Å². The quantitative estimate of drug-likeness (QED) is 0.881. The number of benzene rings is 1. The molecule has 0 atom stereocenters. The van der Waals surface area contributed by atoms with Crippen LogP contribution in [0.4, 0.5) is 0 Å². The second-order valence-corrected chi connectivity index (χ2v) is 6.15. The van der Waals surface area contributed by atoms with Crippen LogP contribution >= 0.6 is 27.3 Å². The predicted octanol–water partition coefficient (Wildman–Crippen LogP) is 4.42. The van der Waals surface area contributed by atoms with E-state index in [9.17, 15) is 0 Å². The molecule has 1 heterocycles. The summed E-state index contributed by atoms with van der Waals surface area (Å²) in [7, 11) is 0. The Bertz CT molecular complexity index is 484. The van der Waals surface area contributed by atoms with E-state index in [2.05, 4.69) is 64.7 Å². The third-order valence-corrected chi connectivity index (χ3v) is 4.51. The van der Waals surface area contributed by atoms with Gasteiger partial charge in [0.15, 0.2) is 0 Å². The smallest absolute Gasteiger partial charge is 0.0327 e. The van der Waals surface area contributed by atoms with E-state index in [1.165, 1.54) is 26.0 Å². The van der Waals surface area contributed by atoms with Gasteiger partial charge in [-0.3, -0.25) is 0 Å². The Kier molecular flexibility index (Phi) is 4.37. The lowest BCUT2D eigenvalue weighted by atomic mass is 10.1. The molecular weight excluding hydrogens is 294 g/mol. The van der Waals surface area contributed by atoms with Gasteiger partial charge in [0.2, 0.25) is 0 Å². The molecule has 0 fully saturated rings. The number of nitrogens with one attached hydrogen (secondary N) is 1. The molecule has 1 aromatic heterocycles. The molecule has 0 aliphatic rings. The van der Waals surface area contributed by atoms with Crippen molar-refractivity contribution in [2.75, 3.05) is 0 Å². The normalized spacial score (nSPS) is 10.8. The predicted molar refractivity (Wildman–Crippen MR) is 78.5 cm³/mol. The van der Waals surface area contributed by atoms with Gasteiger partial charge in [0.1, 0.15) is 0 Å². The van der Waals surface area contributed by atoms with Gasteiger partial charge in [-0.15, -0.1) is 11.3 Å². The Morgan fingerprint density at radius 1 is 1.12 bits per heavy atom. The Labute approximate surface area is 115 Å². The average Bonchev–Trinajstić information content (AvgIpc) is 2.63. The van der Waals surface area contributed by atoms with E-state index < -0.39 is 0 Å². The van der Waals surface area contributed by atoms with Crippen LogP contribution in [0, 0.1) is 13.8 Å². The van der Waals surface area contributed by atoms with Gasteiger partial charge in [-0.2, -0.15) is 0 Å². The number of hydrogen-bond acceptors (Lipinski definition) is 2. The summed E-state index contributed by atoms with van der Waals surface area (Å²) >= 11 is 5.33. The van der Waals surface area contributed by atoms with Crippen molar-refractivity contribution in [3.63, 3.8) is 0 Å². The largest absolute Gasteiger partial charge is 0.308 e. The van der Waals surface area contributed by atoms with E-state index >= 15 is 0 Å². The molecule has 2 aromatic rings. The maximum absolute atomic E-state index is 3.55. The van der Waals surface area contributed by atoms with Gasteiger partial charge in [0, 0.05) is 22.4 Å². The topological polar surface area (TPSA) is 12.0 Å². The maximum Gasteiger partial charge on any atom is 0.0327 e. The minimum absolute atomic E-state index is 0.922. The fraction of sp³-hybridized carbons (Fsp3) is 0.286. The summed E-state index contributed by atoms with van der Waals surface area (Å²) in [6.07, 6.45) is 0. The summed E-state index contributed by atoms with van der Waals surface area (Å²) < 4.78 is 1.20.